The molecule has 0 spiro atoms. The van der Waals surface area contributed by atoms with Crippen LogP contribution in [0, 0.1) is 22.7 Å². The molecule has 0 aliphatic carbocycles. The van der Waals surface area contributed by atoms with Crippen molar-refractivity contribution in [1.29, 1.82) is 10.5 Å². The lowest BCUT2D eigenvalue weighted by Crippen LogP contribution is -2.06. The van der Waals surface area contributed by atoms with Crippen LogP contribution in [0.3, 0.4) is 0 Å². The van der Waals surface area contributed by atoms with E-state index in [9.17, 15) is 0 Å². The van der Waals surface area contributed by atoms with Gasteiger partial charge in [-0.2, -0.15) is 10.5 Å². The van der Waals surface area contributed by atoms with E-state index in [1.54, 1.807) is 35.2 Å². The SMILES string of the molecule is N#Cc1ccccc1OCCCn1ccnc1C#N. The number of ether oxygens (including phenoxy) is 1. The highest BCUT2D eigenvalue weighted by Crippen LogP contribution is 2.16. The molecule has 1 heterocycles. The van der Waals surface area contributed by atoms with Crippen LogP contribution in [0.1, 0.15) is 17.8 Å². The van der Waals surface area contributed by atoms with E-state index in [0.29, 0.717) is 30.3 Å². The van der Waals surface area contributed by atoms with Crippen molar-refractivity contribution in [3.63, 3.8) is 0 Å². The molecule has 19 heavy (non-hydrogen) atoms. The van der Waals surface area contributed by atoms with Crippen LogP contribution < -0.4 is 4.74 Å². The minimum atomic E-state index is 0.400. The van der Waals surface area contributed by atoms with Crippen LogP contribution >= 0.6 is 0 Å². The lowest BCUT2D eigenvalue weighted by Gasteiger charge is -2.08. The number of aromatic nitrogens is 2. The number of benzene rings is 1. The Kier molecular flexibility index (Phi) is 4.15. The third-order valence-corrected chi connectivity index (χ3v) is 2.62. The second-order valence-electron chi connectivity index (χ2n) is 3.87. The smallest absolute Gasteiger partial charge is 0.212 e. The van der Waals surface area contributed by atoms with Crippen LogP contribution in [0.4, 0.5) is 0 Å². The fourth-order valence-corrected chi connectivity index (χ4v) is 1.70. The summed E-state index contributed by atoms with van der Waals surface area (Å²) < 4.78 is 7.34. The average molecular weight is 252 g/mol. The molecule has 1 aromatic heterocycles. The van der Waals surface area contributed by atoms with Crippen molar-refractivity contribution in [2.75, 3.05) is 6.61 Å². The first-order valence-electron chi connectivity index (χ1n) is 5.88. The minimum absolute atomic E-state index is 0.400. The molecular formula is C14H12N4O. The molecule has 0 saturated carbocycles. The maximum atomic E-state index is 8.92. The highest BCUT2D eigenvalue weighted by atomic mass is 16.5. The average Bonchev–Trinajstić information content (AvgIpc) is 2.91. The summed E-state index contributed by atoms with van der Waals surface area (Å²) in [6.45, 7) is 1.15. The number of hydrogen-bond donors (Lipinski definition) is 0. The summed E-state index contributed by atoms with van der Waals surface area (Å²) in [6.07, 6.45) is 4.11. The number of hydrogen-bond acceptors (Lipinski definition) is 4. The quantitative estimate of drug-likeness (QED) is 0.764. The fourth-order valence-electron chi connectivity index (χ4n) is 1.70. The van der Waals surface area contributed by atoms with E-state index in [-0.39, 0.29) is 0 Å². The molecule has 94 valence electrons. The molecule has 1 aromatic carbocycles. The van der Waals surface area contributed by atoms with E-state index < -0.39 is 0 Å². The van der Waals surface area contributed by atoms with Crippen LogP contribution in [-0.2, 0) is 6.54 Å². The largest absolute Gasteiger partial charge is 0.492 e. The van der Waals surface area contributed by atoms with Gasteiger partial charge < -0.3 is 9.30 Å². The van der Waals surface area contributed by atoms with Crippen LogP contribution in [0.15, 0.2) is 36.7 Å². The zero-order chi connectivity index (χ0) is 13.5. The van der Waals surface area contributed by atoms with Crippen LogP contribution in [0.2, 0.25) is 0 Å². The Morgan fingerprint density at radius 1 is 1.21 bits per heavy atom. The Bertz CT molecular complexity index is 633. The number of nitrogens with zero attached hydrogens (tertiary/aromatic N) is 4. The summed E-state index contributed by atoms with van der Waals surface area (Å²) >= 11 is 0. The van der Waals surface area contributed by atoms with Crippen LogP contribution in [0.25, 0.3) is 0 Å². The summed E-state index contributed by atoms with van der Waals surface area (Å²) in [5.74, 6) is 0.994. The topological polar surface area (TPSA) is 74.6 Å². The van der Waals surface area contributed by atoms with Gasteiger partial charge >= 0.3 is 0 Å². The molecule has 2 aromatic rings. The van der Waals surface area contributed by atoms with Crippen molar-refractivity contribution in [1.82, 2.24) is 9.55 Å². The minimum Gasteiger partial charge on any atom is -0.492 e. The number of rotatable bonds is 5. The Hall–Kier alpha value is -2.79. The van der Waals surface area contributed by atoms with Gasteiger partial charge in [0.2, 0.25) is 5.82 Å². The molecule has 0 N–H and O–H groups in total. The molecule has 2 rings (SSSR count). The zero-order valence-electron chi connectivity index (χ0n) is 10.3. The zero-order valence-corrected chi connectivity index (χ0v) is 10.3. The molecule has 0 atom stereocenters. The van der Waals surface area contributed by atoms with E-state index in [4.69, 9.17) is 15.3 Å². The number of para-hydroxylation sites is 1. The third-order valence-electron chi connectivity index (χ3n) is 2.62. The maximum absolute atomic E-state index is 8.92. The van der Waals surface area contributed by atoms with Gasteiger partial charge in [-0.3, -0.25) is 0 Å². The highest BCUT2D eigenvalue weighted by Gasteiger charge is 2.03. The monoisotopic (exact) mass is 252 g/mol. The van der Waals surface area contributed by atoms with Gasteiger partial charge in [0.1, 0.15) is 17.9 Å². The number of nitriles is 2. The first kappa shape index (κ1) is 12.7. The number of imidazole rings is 1. The van der Waals surface area contributed by atoms with Gasteiger partial charge in [0.15, 0.2) is 0 Å². The molecule has 0 radical (unpaired) electrons. The number of aryl methyl sites for hydroxylation is 1. The van der Waals surface area contributed by atoms with Gasteiger partial charge in [0.05, 0.1) is 12.2 Å². The molecule has 0 aliphatic rings. The Morgan fingerprint density at radius 2 is 2.05 bits per heavy atom. The van der Waals surface area contributed by atoms with Crippen molar-refractivity contribution < 1.29 is 4.74 Å². The van der Waals surface area contributed by atoms with Gasteiger partial charge in [0.25, 0.3) is 0 Å². The van der Waals surface area contributed by atoms with Crippen LogP contribution in [-0.4, -0.2) is 16.2 Å². The molecule has 0 fully saturated rings. The lowest BCUT2D eigenvalue weighted by molar-refractivity contribution is 0.301. The van der Waals surface area contributed by atoms with Gasteiger partial charge in [-0.15, -0.1) is 0 Å². The molecule has 0 aliphatic heterocycles. The summed E-state index contributed by atoms with van der Waals surface area (Å²) in [7, 11) is 0. The lowest BCUT2D eigenvalue weighted by atomic mass is 10.2. The maximum Gasteiger partial charge on any atom is 0.212 e. The first-order valence-corrected chi connectivity index (χ1v) is 5.88. The second kappa shape index (κ2) is 6.23. The second-order valence-corrected chi connectivity index (χ2v) is 3.87. The summed E-state index contributed by atoms with van der Waals surface area (Å²) in [4.78, 5) is 3.92. The van der Waals surface area contributed by atoms with Crippen LogP contribution in [0.5, 0.6) is 5.75 Å². The molecule has 5 heteroatoms. The van der Waals surface area contributed by atoms with Crippen molar-refractivity contribution in [2.45, 2.75) is 13.0 Å². The molecular weight excluding hydrogens is 240 g/mol. The van der Waals surface area contributed by atoms with Crippen molar-refractivity contribution in [3.05, 3.63) is 48.0 Å². The van der Waals surface area contributed by atoms with Gasteiger partial charge in [-0.1, -0.05) is 12.1 Å². The first-order chi connectivity index (χ1) is 9.35. The molecule has 0 amide bonds. The van der Waals surface area contributed by atoms with Gasteiger partial charge in [-0.05, 0) is 18.6 Å². The van der Waals surface area contributed by atoms with E-state index in [1.807, 2.05) is 12.1 Å². The van der Waals surface area contributed by atoms with E-state index in [2.05, 4.69) is 11.1 Å². The van der Waals surface area contributed by atoms with Gasteiger partial charge in [0, 0.05) is 18.9 Å². The van der Waals surface area contributed by atoms with E-state index in [1.165, 1.54) is 0 Å². The fraction of sp³-hybridized carbons (Fsp3) is 0.214. The molecule has 0 saturated heterocycles. The van der Waals surface area contributed by atoms with Gasteiger partial charge in [-0.25, -0.2) is 4.98 Å². The molecule has 0 unspecified atom stereocenters. The van der Waals surface area contributed by atoms with Crippen molar-refractivity contribution >= 4 is 0 Å². The predicted octanol–water partition coefficient (Wildman–Crippen LogP) is 2.10. The molecule has 0 bridgehead atoms. The normalized spacial score (nSPS) is 9.58. The van der Waals surface area contributed by atoms with E-state index in [0.717, 1.165) is 6.42 Å². The standard InChI is InChI=1S/C14H12N4O/c15-10-12-4-1-2-5-13(12)19-9-3-7-18-8-6-17-14(18)11-16/h1-2,4-6,8H,3,7,9H2. The van der Waals surface area contributed by atoms with Crippen molar-refractivity contribution in [2.24, 2.45) is 0 Å². The predicted molar refractivity (Wildman–Crippen MR) is 68.2 cm³/mol. The summed E-state index contributed by atoms with van der Waals surface area (Å²) in [5.41, 5.74) is 0.530. The van der Waals surface area contributed by atoms with Crippen molar-refractivity contribution in [3.8, 4) is 17.9 Å². The Labute approximate surface area is 111 Å². The Balaban J connectivity index is 1.85. The summed E-state index contributed by atoms with van der Waals surface area (Å²) in [5, 5.41) is 17.7. The molecule has 5 nitrogen and oxygen atoms in total. The summed E-state index contributed by atoms with van der Waals surface area (Å²) in [6, 6.07) is 11.2. The van der Waals surface area contributed by atoms with E-state index >= 15 is 0 Å². The highest BCUT2D eigenvalue weighted by molar-refractivity contribution is 5.42. The third kappa shape index (κ3) is 3.11. The Morgan fingerprint density at radius 3 is 2.84 bits per heavy atom.